The Hall–Kier alpha value is -1.47. The van der Waals surface area contributed by atoms with Gasteiger partial charge in [-0.3, -0.25) is 14.2 Å². The molecule has 0 spiro atoms. The van der Waals surface area contributed by atoms with Crippen LogP contribution in [0.3, 0.4) is 0 Å². The van der Waals surface area contributed by atoms with Crippen molar-refractivity contribution in [1.29, 1.82) is 0 Å². The molecule has 3 rings (SSSR count). The molecule has 0 saturated carbocycles. The first kappa shape index (κ1) is 18.3. The summed E-state index contributed by atoms with van der Waals surface area (Å²) in [5, 5.41) is 3.83. The van der Waals surface area contributed by atoms with Crippen LogP contribution in [0.25, 0.3) is 0 Å². The number of hydroxylamine groups is 3. The number of urea groups is 1. The summed E-state index contributed by atoms with van der Waals surface area (Å²) >= 11 is 0. The Bertz CT molecular complexity index is 620. The van der Waals surface area contributed by atoms with Gasteiger partial charge in [0.25, 0.3) is 5.91 Å². The van der Waals surface area contributed by atoms with Crippen LogP contribution in [0.4, 0.5) is 4.79 Å². The molecule has 11 nitrogen and oxygen atoms in total. The van der Waals surface area contributed by atoms with Crippen LogP contribution in [0.2, 0.25) is 0 Å². The van der Waals surface area contributed by atoms with Crippen LogP contribution in [-0.4, -0.2) is 72.7 Å². The third-order valence-electron chi connectivity index (χ3n) is 4.63. The Morgan fingerprint density at radius 3 is 2.84 bits per heavy atom. The molecule has 0 aliphatic carbocycles. The van der Waals surface area contributed by atoms with Crippen LogP contribution in [0.15, 0.2) is 0 Å². The Kier molecular flexibility index (Phi) is 5.43. The predicted molar refractivity (Wildman–Crippen MR) is 83.1 cm³/mol. The highest BCUT2D eigenvalue weighted by atomic mass is 32.3. The van der Waals surface area contributed by atoms with Crippen molar-refractivity contribution in [2.24, 2.45) is 0 Å². The lowest BCUT2D eigenvalue weighted by atomic mass is 10.0. The van der Waals surface area contributed by atoms with E-state index in [-0.39, 0.29) is 12.6 Å². The molecule has 3 atom stereocenters. The molecule has 3 N–H and O–H groups in total. The van der Waals surface area contributed by atoms with Gasteiger partial charge in [0.1, 0.15) is 6.04 Å². The van der Waals surface area contributed by atoms with E-state index in [1.165, 1.54) is 4.90 Å². The number of rotatable bonds is 5. The van der Waals surface area contributed by atoms with Crippen molar-refractivity contribution in [2.75, 3.05) is 19.6 Å². The molecule has 3 heterocycles. The molecule has 25 heavy (non-hydrogen) atoms. The van der Waals surface area contributed by atoms with Crippen LogP contribution < -0.4 is 10.8 Å². The zero-order chi connectivity index (χ0) is 18.0. The molecule has 0 radical (unpaired) electrons. The standard InChI is InChI=1S/C13H22N4O7S/c18-12(15-23-10-3-1-2-6-14-7-10)11-5-4-9-8-16(11)13(19)17(9)24-25(20,21)22/h9-11,14H,1-8H2,(H,15,18)(H,20,21,22)/t9?,10?,11-/m0/s1. The maximum Gasteiger partial charge on any atom is 0.418 e. The van der Waals surface area contributed by atoms with Gasteiger partial charge in [-0.05, 0) is 38.6 Å². The number of piperidine rings is 1. The fourth-order valence-corrected chi connectivity index (χ4v) is 3.79. The third kappa shape index (κ3) is 4.39. The predicted octanol–water partition coefficient (Wildman–Crippen LogP) is -0.821. The number of amides is 3. The number of carbonyl (C=O) groups is 2. The van der Waals surface area contributed by atoms with Crippen molar-refractivity contribution in [3.63, 3.8) is 0 Å². The fraction of sp³-hybridized carbons (Fsp3) is 0.846. The highest BCUT2D eigenvalue weighted by Gasteiger charge is 2.49. The van der Waals surface area contributed by atoms with E-state index in [1.54, 1.807) is 0 Å². The largest absolute Gasteiger partial charge is 0.418 e. The number of carbonyl (C=O) groups excluding carboxylic acids is 2. The lowest BCUT2D eigenvalue weighted by Gasteiger charge is -2.29. The van der Waals surface area contributed by atoms with E-state index in [0.29, 0.717) is 24.4 Å². The zero-order valence-corrected chi connectivity index (χ0v) is 14.4. The smallest absolute Gasteiger partial charge is 0.314 e. The summed E-state index contributed by atoms with van der Waals surface area (Å²) in [4.78, 5) is 31.3. The van der Waals surface area contributed by atoms with Crippen LogP contribution in [0, 0.1) is 0 Å². The average molecular weight is 378 g/mol. The Morgan fingerprint density at radius 1 is 1.28 bits per heavy atom. The number of hydrogen-bond donors (Lipinski definition) is 3. The second-order valence-corrected chi connectivity index (χ2v) is 7.42. The van der Waals surface area contributed by atoms with Crippen molar-refractivity contribution in [3.05, 3.63) is 0 Å². The van der Waals surface area contributed by atoms with Crippen LogP contribution in [-0.2, 0) is 24.3 Å². The SMILES string of the molecule is O=C(NOC1CCCCNC1)[C@@H]1CCC2CN1C(=O)N2OS(=O)(=O)O. The lowest BCUT2D eigenvalue weighted by molar-refractivity contribution is -0.143. The minimum absolute atomic E-state index is 0.128. The zero-order valence-electron chi connectivity index (χ0n) is 13.6. The highest BCUT2D eigenvalue weighted by Crippen LogP contribution is 2.30. The van der Waals surface area contributed by atoms with Crippen molar-refractivity contribution in [2.45, 2.75) is 50.3 Å². The normalized spacial score (nSPS) is 30.3. The van der Waals surface area contributed by atoms with Gasteiger partial charge in [-0.2, -0.15) is 13.5 Å². The molecule has 3 fully saturated rings. The van der Waals surface area contributed by atoms with E-state index < -0.39 is 34.4 Å². The van der Waals surface area contributed by atoms with Crippen LogP contribution >= 0.6 is 0 Å². The summed E-state index contributed by atoms with van der Waals surface area (Å²) < 4.78 is 34.8. The maximum absolute atomic E-state index is 12.4. The quantitative estimate of drug-likeness (QED) is 0.417. The van der Waals surface area contributed by atoms with E-state index in [1.807, 2.05) is 0 Å². The van der Waals surface area contributed by atoms with E-state index in [2.05, 4.69) is 15.1 Å². The second-order valence-electron chi connectivity index (χ2n) is 6.42. The molecule has 142 valence electrons. The van der Waals surface area contributed by atoms with Crippen molar-refractivity contribution in [1.82, 2.24) is 20.8 Å². The topological polar surface area (TPSA) is 138 Å². The Balaban J connectivity index is 1.56. The van der Waals surface area contributed by atoms with E-state index >= 15 is 0 Å². The summed E-state index contributed by atoms with van der Waals surface area (Å²) in [6, 6.07) is -2.06. The summed E-state index contributed by atoms with van der Waals surface area (Å²) in [5.41, 5.74) is 2.42. The summed E-state index contributed by atoms with van der Waals surface area (Å²) in [5.74, 6) is -0.454. The molecule has 3 aliphatic heterocycles. The fourth-order valence-electron chi connectivity index (χ4n) is 3.40. The van der Waals surface area contributed by atoms with Crippen molar-refractivity contribution in [3.8, 4) is 0 Å². The van der Waals surface area contributed by atoms with Gasteiger partial charge in [0.05, 0.1) is 12.1 Å². The lowest BCUT2D eigenvalue weighted by Crippen LogP contribution is -2.50. The van der Waals surface area contributed by atoms with Gasteiger partial charge in [-0.1, -0.05) is 0 Å². The molecule has 3 saturated heterocycles. The molecule has 3 amide bonds. The van der Waals surface area contributed by atoms with Crippen LogP contribution in [0.1, 0.15) is 32.1 Å². The summed E-state index contributed by atoms with van der Waals surface area (Å²) in [6.07, 6.45) is 3.49. The van der Waals surface area contributed by atoms with Gasteiger partial charge in [0.15, 0.2) is 0 Å². The molecule has 3 aliphatic rings. The minimum Gasteiger partial charge on any atom is -0.314 e. The van der Waals surface area contributed by atoms with Crippen molar-refractivity contribution >= 4 is 22.3 Å². The van der Waals surface area contributed by atoms with Gasteiger partial charge in [-0.25, -0.2) is 10.3 Å². The van der Waals surface area contributed by atoms with Gasteiger partial charge in [0.2, 0.25) is 0 Å². The molecular formula is C13H22N4O7S. The maximum atomic E-state index is 12.4. The van der Waals surface area contributed by atoms with E-state index in [0.717, 1.165) is 25.8 Å². The van der Waals surface area contributed by atoms with Gasteiger partial charge in [0, 0.05) is 13.1 Å². The first-order valence-corrected chi connectivity index (χ1v) is 9.65. The first-order valence-electron chi connectivity index (χ1n) is 8.28. The number of fused-ring (bicyclic) bond motifs is 2. The van der Waals surface area contributed by atoms with Gasteiger partial charge in [-0.15, -0.1) is 4.28 Å². The molecule has 0 aromatic heterocycles. The first-order chi connectivity index (χ1) is 11.8. The Labute approximate surface area is 145 Å². The van der Waals surface area contributed by atoms with E-state index in [4.69, 9.17) is 9.39 Å². The molecule has 0 aromatic rings. The summed E-state index contributed by atoms with van der Waals surface area (Å²) in [7, 11) is -4.80. The average Bonchev–Trinajstić information content (AvgIpc) is 2.77. The molecule has 12 heteroatoms. The van der Waals surface area contributed by atoms with Crippen molar-refractivity contribution < 1.29 is 31.7 Å². The molecule has 2 unspecified atom stereocenters. The number of nitrogens with zero attached hydrogens (tertiary/aromatic N) is 2. The third-order valence-corrected chi connectivity index (χ3v) is 4.98. The molecule has 2 bridgehead atoms. The molecule has 0 aromatic carbocycles. The number of hydrogen-bond acceptors (Lipinski definition) is 7. The van der Waals surface area contributed by atoms with Gasteiger partial charge < -0.3 is 10.2 Å². The highest BCUT2D eigenvalue weighted by molar-refractivity contribution is 7.80. The monoisotopic (exact) mass is 378 g/mol. The van der Waals surface area contributed by atoms with Gasteiger partial charge >= 0.3 is 16.4 Å². The van der Waals surface area contributed by atoms with Crippen LogP contribution in [0.5, 0.6) is 0 Å². The Morgan fingerprint density at radius 2 is 2.08 bits per heavy atom. The summed E-state index contributed by atoms with van der Waals surface area (Å²) in [6.45, 7) is 1.72. The van der Waals surface area contributed by atoms with E-state index in [9.17, 15) is 18.0 Å². The second kappa shape index (κ2) is 7.41. The molecular weight excluding hydrogens is 356 g/mol. The number of nitrogens with one attached hydrogen (secondary N) is 2. The minimum atomic E-state index is -4.80.